The third-order valence-electron chi connectivity index (χ3n) is 5.65. The van der Waals surface area contributed by atoms with Gasteiger partial charge in [0.25, 0.3) is 11.8 Å². The van der Waals surface area contributed by atoms with Crippen molar-refractivity contribution in [1.29, 1.82) is 0 Å². The van der Waals surface area contributed by atoms with Crippen molar-refractivity contribution < 1.29 is 23.9 Å². The van der Waals surface area contributed by atoms with Gasteiger partial charge in [0.15, 0.2) is 19.0 Å². The average molecular weight is 509 g/mol. The molecule has 0 aromatic heterocycles. The van der Waals surface area contributed by atoms with E-state index in [9.17, 15) is 14.4 Å². The molecule has 4 aromatic carbocycles. The molecule has 38 heavy (non-hydrogen) atoms. The van der Waals surface area contributed by atoms with Crippen molar-refractivity contribution >= 4 is 29.0 Å². The largest absolute Gasteiger partial charge is 0.484 e. The molecule has 7 heteroatoms. The van der Waals surface area contributed by atoms with Crippen molar-refractivity contribution in [1.82, 2.24) is 0 Å². The number of hydrogen-bond donors (Lipinski definition) is 2. The molecule has 2 amide bonds. The Balaban J connectivity index is 1.48. The van der Waals surface area contributed by atoms with Crippen molar-refractivity contribution in [2.24, 2.45) is 0 Å². The van der Waals surface area contributed by atoms with Gasteiger partial charge in [0, 0.05) is 11.1 Å². The highest BCUT2D eigenvalue weighted by Gasteiger charge is 2.16. The van der Waals surface area contributed by atoms with Crippen molar-refractivity contribution in [2.45, 2.75) is 13.8 Å². The van der Waals surface area contributed by atoms with Gasteiger partial charge in [0.05, 0.1) is 11.4 Å². The smallest absolute Gasteiger partial charge is 0.262 e. The van der Waals surface area contributed by atoms with E-state index < -0.39 is 11.8 Å². The first kappa shape index (κ1) is 26.2. The zero-order valence-electron chi connectivity index (χ0n) is 21.2. The van der Waals surface area contributed by atoms with Gasteiger partial charge in [-0.3, -0.25) is 14.4 Å². The van der Waals surface area contributed by atoms with Crippen LogP contribution in [0.2, 0.25) is 0 Å². The number of amides is 2. The molecule has 0 spiro atoms. The Morgan fingerprint density at radius 2 is 1.08 bits per heavy atom. The SMILES string of the molecule is Cc1ccc(OCC(=O)Nc2ccc(C(=O)c3ccccc3)cc2NC(=O)COc2ccc(C)cc2)cc1. The lowest BCUT2D eigenvalue weighted by atomic mass is 10.0. The molecular weight excluding hydrogens is 480 g/mol. The molecule has 192 valence electrons. The van der Waals surface area contributed by atoms with E-state index in [0.29, 0.717) is 28.3 Å². The number of anilines is 2. The molecule has 0 aliphatic heterocycles. The molecule has 0 unspecified atom stereocenters. The number of aryl methyl sites for hydroxylation is 2. The van der Waals surface area contributed by atoms with Gasteiger partial charge in [0.1, 0.15) is 11.5 Å². The monoisotopic (exact) mass is 508 g/mol. The summed E-state index contributed by atoms with van der Waals surface area (Å²) in [6.45, 7) is 3.45. The second-order valence-corrected chi connectivity index (χ2v) is 8.76. The van der Waals surface area contributed by atoms with E-state index in [1.807, 2.05) is 44.2 Å². The van der Waals surface area contributed by atoms with Crippen LogP contribution in [0.25, 0.3) is 0 Å². The maximum atomic E-state index is 13.0. The highest BCUT2D eigenvalue weighted by Crippen LogP contribution is 2.25. The molecule has 4 rings (SSSR count). The predicted molar refractivity (Wildman–Crippen MR) is 147 cm³/mol. The zero-order chi connectivity index (χ0) is 26.9. The molecule has 0 saturated carbocycles. The second-order valence-electron chi connectivity index (χ2n) is 8.76. The van der Waals surface area contributed by atoms with E-state index in [4.69, 9.17) is 9.47 Å². The fourth-order valence-corrected chi connectivity index (χ4v) is 3.59. The van der Waals surface area contributed by atoms with Crippen LogP contribution < -0.4 is 20.1 Å². The minimum Gasteiger partial charge on any atom is -0.484 e. The minimum atomic E-state index is -0.443. The maximum absolute atomic E-state index is 13.0. The van der Waals surface area contributed by atoms with Crippen LogP contribution in [0.4, 0.5) is 11.4 Å². The first-order valence-corrected chi connectivity index (χ1v) is 12.1. The molecule has 4 aromatic rings. The van der Waals surface area contributed by atoms with Gasteiger partial charge in [-0.2, -0.15) is 0 Å². The van der Waals surface area contributed by atoms with Crippen LogP contribution in [-0.2, 0) is 9.59 Å². The quantitative estimate of drug-likeness (QED) is 0.273. The summed E-state index contributed by atoms with van der Waals surface area (Å²) < 4.78 is 11.1. The fourth-order valence-electron chi connectivity index (χ4n) is 3.59. The molecule has 0 radical (unpaired) electrons. The number of ether oxygens (including phenoxy) is 2. The summed E-state index contributed by atoms with van der Waals surface area (Å²) in [5, 5.41) is 5.51. The Kier molecular flexibility index (Phi) is 8.51. The summed E-state index contributed by atoms with van der Waals surface area (Å²) >= 11 is 0. The Morgan fingerprint density at radius 3 is 1.61 bits per heavy atom. The Labute approximate surface area is 221 Å². The van der Waals surface area contributed by atoms with Crippen LogP contribution in [-0.4, -0.2) is 30.8 Å². The summed E-state index contributed by atoms with van der Waals surface area (Å²) in [6, 6.07) is 28.2. The number of rotatable bonds is 10. The highest BCUT2D eigenvalue weighted by molar-refractivity contribution is 6.11. The first-order chi connectivity index (χ1) is 18.4. The van der Waals surface area contributed by atoms with E-state index in [-0.39, 0.29) is 24.7 Å². The number of carbonyl (C=O) groups excluding carboxylic acids is 3. The van der Waals surface area contributed by atoms with E-state index in [1.54, 1.807) is 60.7 Å². The highest BCUT2D eigenvalue weighted by atomic mass is 16.5. The van der Waals surface area contributed by atoms with Crippen LogP contribution in [0, 0.1) is 13.8 Å². The van der Waals surface area contributed by atoms with Crippen LogP contribution in [0.15, 0.2) is 97.1 Å². The van der Waals surface area contributed by atoms with Crippen molar-refractivity contribution in [2.75, 3.05) is 23.8 Å². The molecule has 2 N–H and O–H groups in total. The molecule has 0 atom stereocenters. The van der Waals surface area contributed by atoms with Crippen molar-refractivity contribution in [3.63, 3.8) is 0 Å². The van der Waals surface area contributed by atoms with E-state index in [2.05, 4.69) is 10.6 Å². The topological polar surface area (TPSA) is 93.7 Å². The molecule has 0 heterocycles. The van der Waals surface area contributed by atoms with Crippen molar-refractivity contribution in [3.8, 4) is 11.5 Å². The van der Waals surface area contributed by atoms with Gasteiger partial charge in [0.2, 0.25) is 0 Å². The molecule has 0 aliphatic carbocycles. The standard InChI is InChI=1S/C31H28N2O5/c1-21-8-13-25(14-9-21)37-19-29(34)32-27-17-12-24(31(36)23-6-4-3-5-7-23)18-28(27)33-30(35)20-38-26-15-10-22(2)11-16-26/h3-18H,19-20H2,1-2H3,(H,32,34)(H,33,35). The number of hydrogen-bond acceptors (Lipinski definition) is 5. The summed E-state index contributed by atoms with van der Waals surface area (Å²) in [4.78, 5) is 38.3. The maximum Gasteiger partial charge on any atom is 0.262 e. The summed E-state index contributed by atoms with van der Waals surface area (Å²) in [6.07, 6.45) is 0. The van der Waals surface area contributed by atoms with Gasteiger partial charge in [-0.15, -0.1) is 0 Å². The first-order valence-electron chi connectivity index (χ1n) is 12.1. The molecule has 0 fully saturated rings. The average Bonchev–Trinajstić information content (AvgIpc) is 2.93. The van der Waals surface area contributed by atoms with Crippen molar-refractivity contribution in [3.05, 3.63) is 119 Å². The summed E-state index contributed by atoms with van der Waals surface area (Å²) in [5.74, 6) is 0.0508. The lowest BCUT2D eigenvalue weighted by Crippen LogP contribution is -2.24. The Hall–Kier alpha value is -4.91. The molecular formula is C31H28N2O5. The lowest BCUT2D eigenvalue weighted by Gasteiger charge is -2.15. The van der Waals surface area contributed by atoms with Gasteiger partial charge in [-0.25, -0.2) is 0 Å². The predicted octanol–water partition coefficient (Wildman–Crippen LogP) is 5.57. The fraction of sp³-hybridized carbons (Fsp3) is 0.129. The van der Waals surface area contributed by atoms with Gasteiger partial charge >= 0.3 is 0 Å². The third-order valence-corrected chi connectivity index (χ3v) is 5.65. The number of benzene rings is 4. The van der Waals surface area contributed by atoms with Crippen LogP contribution in [0.3, 0.4) is 0 Å². The molecule has 0 saturated heterocycles. The molecule has 7 nitrogen and oxygen atoms in total. The normalized spacial score (nSPS) is 10.4. The summed E-state index contributed by atoms with van der Waals surface area (Å²) in [7, 11) is 0. The van der Waals surface area contributed by atoms with E-state index in [0.717, 1.165) is 11.1 Å². The number of ketones is 1. The number of carbonyl (C=O) groups is 3. The van der Waals surface area contributed by atoms with Gasteiger partial charge in [-0.05, 0) is 56.3 Å². The zero-order valence-corrected chi connectivity index (χ0v) is 21.2. The lowest BCUT2D eigenvalue weighted by molar-refractivity contribution is -0.119. The number of nitrogens with one attached hydrogen (secondary N) is 2. The van der Waals surface area contributed by atoms with Crippen LogP contribution >= 0.6 is 0 Å². The minimum absolute atomic E-state index is 0.211. The third kappa shape index (κ3) is 7.30. The summed E-state index contributed by atoms with van der Waals surface area (Å²) in [5.41, 5.74) is 3.63. The van der Waals surface area contributed by atoms with Gasteiger partial charge in [-0.1, -0.05) is 65.7 Å². The van der Waals surface area contributed by atoms with E-state index >= 15 is 0 Å². The molecule has 0 bridgehead atoms. The van der Waals surface area contributed by atoms with Crippen LogP contribution in [0.1, 0.15) is 27.0 Å². The molecule has 0 aliphatic rings. The second kappa shape index (κ2) is 12.4. The van der Waals surface area contributed by atoms with Gasteiger partial charge < -0.3 is 20.1 Å². The Morgan fingerprint density at radius 1 is 0.579 bits per heavy atom. The van der Waals surface area contributed by atoms with Crippen LogP contribution in [0.5, 0.6) is 11.5 Å². The van der Waals surface area contributed by atoms with E-state index in [1.165, 1.54) is 6.07 Å². The Bertz CT molecular complexity index is 1420.